The summed E-state index contributed by atoms with van der Waals surface area (Å²) in [4.78, 5) is 13.4. The van der Waals surface area contributed by atoms with E-state index >= 15 is 0 Å². The molecule has 2 aromatic rings. The van der Waals surface area contributed by atoms with E-state index in [9.17, 15) is 0 Å². The Morgan fingerprint density at radius 1 is 1.37 bits per heavy atom. The van der Waals surface area contributed by atoms with E-state index in [2.05, 4.69) is 15.3 Å². The van der Waals surface area contributed by atoms with Crippen LogP contribution in [0.1, 0.15) is 17.9 Å². The number of hydrogen-bond acceptors (Lipinski definition) is 4. The van der Waals surface area contributed by atoms with Gasteiger partial charge in [-0.25, -0.2) is 9.97 Å². The summed E-state index contributed by atoms with van der Waals surface area (Å²) < 4.78 is 2.05. The van der Waals surface area contributed by atoms with Gasteiger partial charge in [-0.1, -0.05) is 0 Å². The monoisotopic (exact) mass is 257 g/mol. The van der Waals surface area contributed by atoms with Crippen LogP contribution in [0.3, 0.4) is 0 Å². The van der Waals surface area contributed by atoms with Crippen LogP contribution < -0.4 is 5.32 Å². The molecule has 1 N–H and O–H groups in total. The SMILES string of the molecule is Cc1ncc(-c2cncc(CC3CCNC3)n2)n1C. The van der Waals surface area contributed by atoms with E-state index in [4.69, 9.17) is 4.98 Å². The van der Waals surface area contributed by atoms with Crippen molar-refractivity contribution in [2.75, 3.05) is 13.1 Å². The van der Waals surface area contributed by atoms with Crippen molar-refractivity contribution in [1.82, 2.24) is 24.8 Å². The van der Waals surface area contributed by atoms with Gasteiger partial charge in [-0.05, 0) is 38.8 Å². The molecule has 100 valence electrons. The molecule has 1 saturated heterocycles. The summed E-state index contributed by atoms with van der Waals surface area (Å²) in [6.07, 6.45) is 7.79. The van der Waals surface area contributed by atoms with Crippen LogP contribution in [0.2, 0.25) is 0 Å². The van der Waals surface area contributed by atoms with Crippen molar-refractivity contribution < 1.29 is 0 Å². The molecule has 0 spiro atoms. The summed E-state index contributed by atoms with van der Waals surface area (Å²) in [7, 11) is 2.01. The maximum Gasteiger partial charge on any atom is 0.107 e. The Labute approximate surface area is 113 Å². The lowest BCUT2D eigenvalue weighted by Crippen LogP contribution is -2.11. The summed E-state index contributed by atoms with van der Waals surface area (Å²) in [5, 5.41) is 3.39. The predicted octanol–water partition coefficient (Wildman–Crippen LogP) is 1.34. The zero-order valence-corrected chi connectivity index (χ0v) is 11.4. The molecule has 1 fully saturated rings. The van der Waals surface area contributed by atoms with Crippen LogP contribution in [0.15, 0.2) is 18.6 Å². The normalized spacial score (nSPS) is 18.9. The van der Waals surface area contributed by atoms with Crippen molar-refractivity contribution in [1.29, 1.82) is 0 Å². The molecule has 1 atom stereocenters. The minimum absolute atomic E-state index is 0.692. The van der Waals surface area contributed by atoms with Crippen LogP contribution >= 0.6 is 0 Å². The lowest BCUT2D eigenvalue weighted by molar-refractivity contribution is 0.570. The van der Waals surface area contributed by atoms with Gasteiger partial charge < -0.3 is 9.88 Å². The van der Waals surface area contributed by atoms with Crippen molar-refractivity contribution in [3.8, 4) is 11.4 Å². The Kier molecular flexibility index (Phi) is 3.29. The van der Waals surface area contributed by atoms with Gasteiger partial charge in [-0.2, -0.15) is 0 Å². The number of nitrogens with zero attached hydrogens (tertiary/aromatic N) is 4. The molecule has 1 unspecified atom stereocenters. The number of nitrogens with one attached hydrogen (secondary N) is 1. The fourth-order valence-corrected chi connectivity index (χ4v) is 2.55. The summed E-state index contributed by atoms with van der Waals surface area (Å²) in [6.45, 7) is 4.21. The average Bonchev–Trinajstić information content (AvgIpc) is 3.02. The van der Waals surface area contributed by atoms with Gasteiger partial charge in [0.1, 0.15) is 11.5 Å². The van der Waals surface area contributed by atoms with Crippen LogP contribution in [0.5, 0.6) is 0 Å². The number of imidazole rings is 1. The molecule has 3 heterocycles. The highest BCUT2D eigenvalue weighted by Gasteiger charge is 2.16. The molecular weight excluding hydrogens is 238 g/mol. The number of rotatable bonds is 3. The summed E-state index contributed by atoms with van der Waals surface area (Å²) in [6, 6.07) is 0. The number of aryl methyl sites for hydroxylation is 1. The number of hydrogen-bond donors (Lipinski definition) is 1. The van der Waals surface area contributed by atoms with E-state index < -0.39 is 0 Å². The second kappa shape index (κ2) is 5.09. The van der Waals surface area contributed by atoms with Gasteiger partial charge in [-0.15, -0.1) is 0 Å². The van der Waals surface area contributed by atoms with Crippen molar-refractivity contribution in [3.63, 3.8) is 0 Å². The Hall–Kier alpha value is -1.75. The second-order valence-electron chi connectivity index (χ2n) is 5.21. The molecule has 5 heteroatoms. The molecule has 0 aliphatic carbocycles. The van der Waals surface area contributed by atoms with Gasteiger partial charge >= 0.3 is 0 Å². The zero-order chi connectivity index (χ0) is 13.2. The summed E-state index contributed by atoms with van der Waals surface area (Å²) in [5.41, 5.74) is 3.01. The zero-order valence-electron chi connectivity index (χ0n) is 11.4. The van der Waals surface area contributed by atoms with Crippen LogP contribution in [0, 0.1) is 12.8 Å². The minimum Gasteiger partial charge on any atom is -0.330 e. The highest BCUT2D eigenvalue weighted by molar-refractivity contribution is 5.52. The topological polar surface area (TPSA) is 55.6 Å². The molecule has 5 nitrogen and oxygen atoms in total. The maximum absolute atomic E-state index is 4.73. The Balaban J connectivity index is 1.85. The Bertz CT molecular complexity index is 569. The van der Waals surface area contributed by atoms with Crippen LogP contribution in [-0.2, 0) is 13.5 Å². The van der Waals surface area contributed by atoms with E-state index in [-0.39, 0.29) is 0 Å². The van der Waals surface area contributed by atoms with Gasteiger partial charge in [0.2, 0.25) is 0 Å². The average molecular weight is 257 g/mol. The van der Waals surface area contributed by atoms with Crippen molar-refractivity contribution >= 4 is 0 Å². The van der Waals surface area contributed by atoms with Crippen molar-refractivity contribution in [3.05, 3.63) is 30.1 Å². The quantitative estimate of drug-likeness (QED) is 0.901. The molecule has 1 aliphatic rings. The molecule has 3 rings (SSSR count). The van der Waals surface area contributed by atoms with Gasteiger partial charge in [-0.3, -0.25) is 4.98 Å². The first-order valence-electron chi connectivity index (χ1n) is 6.74. The molecule has 2 aromatic heterocycles. The fourth-order valence-electron chi connectivity index (χ4n) is 2.55. The molecule has 1 aliphatic heterocycles. The molecule has 0 bridgehead atoms. The number of aromatic nitrogens is 4. The molecule has 0 saturated carbocycles. The van der Waals surface area contributed by atoms with E-state index in [1.165, 1.54) is 6.42 Å². The lowest BCUT2D eigenvalue weighted by atomic mass is 10.0. The largest absolute Gasteiger partial charge is 0.330 e. The maximum atomic E-state index is 4.73. The molecule has 0 amide bonds. The molecular formula is C14H19N5. The van der Waals surface area contributed by atoms with Gasteiger partial charge in [0.05, 0.1) is 23.8 Å². The van der Waals surface area contributed by atoms with Crippen LogP contribution in [0.25, 0.3) is 11.4 Å². The Morgan fingerprint density at radius 2 is 2.26 bits per heavy atom. The lowest BCUT2D eigenvalue weighted by Gasteiger charge is -2.09. The van der Waals surface area contributed by atoms with Gasteiger partial charge in [0.15, 0.2) is 0 Å². The van der Waals surface area contributed by atoms with Gasteiger partial charge in [0, 0.05) is 13.2 Å². The van der Waals surface area contributed by atoms with Crippen molar-refractivity contribution in [2.24, 2.45) is 13.0 Å². The third-order valence-corrected chi connectivity index (χ3v) is 3.83. The third kappa shape index (κ3) is 2.51. The fraction of sp³-hybridized carbons (Fsp3) is 0.500. The molecule has 0 radical (unpaired) electrons. The van der Waals surface area contributed by atoms with Crippen LogP contribution in [0.4, 0.5) is 0 Å². The highest BCUT2D eigenvalue weighted by atomic mass is 15.1. The first-order valence-corrected chi connectivity index (χ1v) is 6.74. The first kappa shape index (κ1) is 12.3. The molecule has 0 aromatic carbocycles. The summed E-state index contributed by atoms with van der Waals surface area (Å²) >= 11 is 0. The standard InChI is InChI=1S/C14H19N5/c1-10-17-9-14(19(10)2)13-8-16-7-12(18-13)5-11-3-4-15-6-11/h7-9,11,15H,3-6H2,1-2H3. The first-order chi connectivity index (χ1) is 9.24. The third-order valence-electron chi connectivity index (χ3n) is 3.83. The van der Waals surface area contributed by atoms with Crippen molar-refractivity contribution in [2.45, 2.75) is 19.8 Å². The van der Waals surface area contributed by atoms with E-state index in [1.54, 1.807) is 0 Å². The van der Waals surface area contributed by atoms with Gasteiger partial charge in [0.25, 0.3) is 0 Å². The van der Waals surface area contributed by atoms with E-state index in [1.807, 2.05) is 37.1 Å². The summed E-state index contributed by atoms with van der Waals surface area (Å²) in [5.74, 6) is 1.68. The second-order valence-corrected chi connectivity index (χ2v) is 5.21. The predicted molar refractivity (Wildman–Crippen MR) is 73.7 cm³/mol. The molecule has 19 heavy (non-hydrogen) atoms. The van der Waals surface area contributed by atoms with E-state index in [0.29, 0.717) is 5.92 Å². The highest BCUT2D eigenvalue weighted by Crippen LogP contribution is 2.19. The Morgan fingerprint density at radius 3 is 2.95 bits per heavy atom. The minimum atomic E-state index is 0.692. The smallest absolute Gasteiger partial charge is 0.107 e. The van der Waals surface area contributed by atoms with Crippen LogP contribution in [-0.4, -0.2) is 32.6 Å². The van der Waals surface area contributed by atoms with E-state index in [0.717, 1.165) is 42.4 Å².